The van der Waals surface area contributed by atoms with Crippen LogP contribution < -0.4 is 16.2 Å². The van der Waals surface area contributed by atoms with E-state index in [-0.39, 0.29) is 16.6 Å². The van der Waals surface area contributed by atoms with E-state index in [4.69, 9.17) is 16.6 Å². The molecule has 1 aromatic heterocycles. The van der Waals surface area contributed by atoms with Crippen LogP contribution in [0, 0.1) is 10.1 Å². The molecule has 8 nitrogen and oxygen atoms in total. The Kier molecular flexibility index (Phi) is 5.07. The molecule has 0 radical (unpaired) electrons. The highest BCUT2D eigenvalue weighted by atomic mass is 79.9. The first-order chi connectivity index (χ1) is 10.5. The molecule has 0 aliphatic rings. The Balaban J connectivity index is 1.89. The number of carbonyl (C=O) groups excluding carboxylic acids is 1. The molecule has 0 spiro atoms. The minimum absolute atomic E-state index is 0.0690. The van der Waals surface area contributed by atoms with E-state index in [9.17, 15) is 14.9 Å². The lowest BCUT2D eigenvalue weighted by Gasteiger charge is -2.10. The van der Waals surface area contributed by atoms with Gasteiger partial charge in [0.05, 0.1) is 4.92 Å². The lowest BCUT2D eigenvalue weighted by Crippen LogP contribution is -2.43. The maximum atomic E-state index is 11.7. The summed E-state index contributed by atoms with van der Waals surface area (Å²) in [5, 5.41) is 13.5. The highest BCUT2D eigenvalue weighted by molar-refractivity contribution is 9.10. The van der Waals surface area contributed by atoms with Gasteiger partial charge in [-0.1, -0.05) is 6.07 Å². The second-order valence-electron chi connectivity index (χ2n) is 3.94. The van der Waals surface area contributed by atoms with Crippen LogP contribution in [0.2, 0.25) is 0 Å². The summed E-state index contributed by atoms with van der Waals surface area (Å²) in [5.41, 5.74) is 5.14. The number of hydrazine groups is 1. The molecular formula is C12H9BrN4O4S. The number of hydrogen-bond donors (Lipinski definition) is 3. The van der Waals surface area contributed by atoms with Gasteiger partial charge in [0.25, 0.3) is 5.69 Å². The SMILES string of the molecule is O=C(NNC(=S)Nc1cccc([N+](=O)[O-])c1)c1ccc(Br)o1. The van der Waals surface area contributed by atoms with Gasteiger partial charge in [-0.2, -0.15) is 0 Å². The van der Waals surface area contributed by atoms with Crippen LogP contribution in [0.3, 0.4) is 0 Å². The van der Waals surface area contributed by atoms with Gasteiger partial charge in [0.1, 0.15) is 0 Å². The number of thiocarbonyl (C=S) groups is 1. The Labute approximate surface area is 138 Å². The molecule has 0 unspecified atom stereocenters. The number of carbonyl (C=O) groups is 1. The number of nitrogens with zero attached hydrogens (tertiary/aromatic N) is 1. The second kappa shape index (κ2) is 7.00. The van der Waals surface area contributed by atoms with Gasteiger partial charge in [0.15, 0.2) is 15.5 Å². The quantitative estimate of drug-likeness (QED) is 0.423. The fourth-order valence-corrected chi connectivity index (χ4v) is 1.95. The minimum atomic E-state index is -0.520. The summed E-state index contributed by atoms with van der Waals surface area (Å²) in [5.74, 6) is -0.425. The predicted octanol–water partition coefficient (Wildman–Crippen LogP) is 2.58. The molecule has 0 aliphatic heterocycles. The van der Waals surface area contributed by atoms with E-state index in [0.29, 0.717) is 10.4 Å². The third-order valence-electron chi connectivity index (χ3n) is 2.40. The number of anilines is 1. The van der Waals surface area contributed by atoms with Crippen LogP contribution in [-0.2, 0) is 0 Å². The molecule has 114 valence electrons. The van der Waals surface area contributed by atoms with E-state index in [1.165, 1.54) is 24.3 Å². The fourth-order valence-electron chi connectivity index (χ4n) is 1.47. The van der Waals surface area contributed by atoms with Crippen molar-refractivity contribution < 1.29 is 14.1 Å². The molecule has 2 aromatic rings. The van der Waals surface area contributed by atoms with Crippen molar-refractivity contribution in [1.82, 2.24) is 10.9 Å². The van der Waals surface area contributed by atoms with Crippen molar-refractivity contribution in [3.05, 3.63) is 56.9 Å². The molecule has 0 aliphatic carbocycles. The first-order valence-corrected chi connectivity index (χ1v) is 7.03. The molecule has 0 fully saturated rings. The Bertz CT molecular complexity index is 733. The molecule has 1 heterocycles. The number of nitrogens with one attached hydrogen (secondary N) is 3. The molecule has 2 rings (SSSR count). The number of nitro benzene ring substituents is 1. The lowest BCUT2D eigenvalue weighted by atomic mass is 10.3. The van der Waals surface area contributed by atoms with Crippen molar-refractivity contribution >= 4 is 50.5 Å². The number of hydrogen-bond acceptors (Lipinski definition) is 5. The van der Waals surface area contributed by atoms with Crippen molar-refractivity contribution in [2.24, 2.45) is 0 Å². The highest BCUT2D eigenvalue weighted by Gasteiger charge is 2.11. The van der Waals surface area contributed by atoms with E-state index in [1.807, 2.05) is 0 Å². The van der Waals surface area contributed by atoms with Crippen molar-refractivity contribution in [3.63, 3.8) is 0 Å². The van der Waals surface area contributed by atoms with E-state index in [0.717, 1.165) is 0 Å². The van der Waals surface area contributed by atoms with Crippen LogP contribution in [0.15, 0.2) is 45.5 Å². The van der Waals surface area contributed by atoms with Crippen LogP contribution >= 0.6 is 28.1 Å². The van der Waals surface area contributed by atoms with Crippen LogP contribution in [0.1, 0.15) is 10.6 Å². The fraction of sp³-hybridized carbons (Fsp3) is 0. The summed E-state index contributed by atoms with van der Waals surface area (Å²) in [6, 6.07) is 8.86. The topological polar surface area (TPSA) is 109 Å². The number of amides is 1. The maximum Gasteiger partial charge on any atom is 0.305 e. The first-order valence-electron chi connectivity index (χ1n) is 5.83. The molecule has 0 saturated carbocycles. The van der Waals surface area contributed by atoms with Crippen molar-refractivity contribution in [2.45, 2.75) is 0 Å². The number of nitro groups is 1. The Morgan fingerprint density at radius 1 is 1.27 bits per heavy atom. The molecule has 0 bridgehead atoms. The number of rotatable bonds is 3. The van der Waals surface area contributed by atoms with E-state index >= 15 is 0 Å². The van der Waals surface area contributed by atoms with Crippen LogP contribution in [0.4, 0.5) is 11.4 Å². The van der Waals surface area contributed by atoms with Gasteiger partial charge in [-0.3, -0.25) is 25.8 Å². The van der Waals surface area contributed by atoms with Crippen LogP contribution in [0.25, 0.3) is 0 Å². The maximum absolute atomic E-state index is 11.7. The number of non-ortho nitro benzene ring substituents is 1. The molecule has 0 saturated heterocycles. The molecule has 0 atom stereocenters. The average Bonchev–Trinajstić information content (AvgIpc) is 2.91. The monoisotopic (exact) mass is 384 g/mol. The molecule has 1 amide bonds. The highest BCUT2D eigenvalue weighted by Crippen LogP contribution is 2.17. The number of furan rings is 1. The van der Waals surface area contributed by atoms with Gasteiger partial charge in [-0.05, 0) is 46.3 Å². The second-order valence-corrected chi connectivity index (χ2v) is 5.13. The molecule has 10 heteroatoms. The Hall–Kier alpha value is -2.46. The normalized spacial score (nSPS) is 9.86. The van der Waals surface area contributed by atoms with Gasteiger partial charge in [-0.15, -0.1) is 0 Å². The van der Waals surface area contributed by atoms with E-state index < -0.39 is 10.8 Å². The molecule has 3 N–H and O–H groups in total. The average molecular weight is 385 g/mol. The predicted molar refractivity (Wildman–Crippen MR) is 86.3 cm³/mol. The number of benzene rings is 1. The van der Waals surface area contributed by atoms with Gasteiger partial charge in [-0.25, -0.2) is 0 Å². The largest absolute Gasteiger partial charge is 0.444 e. The van der Waals surface area contributed by atoms with Crippen LogP contribution in [-0.4, -0.2) is 15.9 Å². The third kappa shape index (κ3) is 4.27. The Morgan fingerprint density at radius 3 is 2.68 bits per heavy atom. The van der Waals surface area contributed by atoms with Crippen molar-refractivity contribution in [3.8, 4) is 0 Å². The minimum Gasteiger partial charge on any atom is -0.444 e. The molecule has 1 aromatic carbocycles. The third-order valence-corrected chi connectivity index (χ3v) is 3.03. The molecule has 22 heavy (non-hydrogen) atoms. The summed E-state index contributed by atoms with van der Waals surface area (Å²) >= 11 is 8.05. The standard InChI is InChI=1S/C12H9BrN4O4S/c13-10-5-4-9(21-10)11(18)15-16-12(22)14-7-2-1-3-8(6-7)17(19)20/h1-6H,(H,15,18)(H2,14,16,22). The summed E-state index contributed by atoms with van der Waals surface area (Å²) in [4.78, 5) is 21.8. The lowest BCUT2D eigenvalue weighted by molar-refractivity contribution is -0.384. The van der Waals surface area contributed by atoms with Gasteiger partial charge in [0.2, 0.25) is 0 Å². The summed E-state index contributed by atoms with van der Waals surface area (Å²) in [6.45, 7) is 0. The summed E-state index contributed by atoms with van der Waals surface area (Å²) in [7, 11) is 0. The summed E-state index contributed by atoms with van der Waals surface area (Å²) < 4.78 is 5.49. The van der Waals surface area contributed by atoms with E-state index in [1.54, 1.807) is 12.1 Å². The number of halogens is 1. The Morgan fingerprint density at radius 2 is 2.05 bits per heavy atom. The smallest absolute Gasteiger partial charge is 0.305 e. The first kappa shape index (κ1) is 15.9. The zero-order chi connectivity index (χ0) is 16.1. The van der Waals surface area contributed by atoms with Gasteiger partial charge >= 0.3 is 5.91 Å². The van der Waals surface area contributed by atoms with Crippen molar-refractivity contribution in [2.75, 3.05) is 5.32 Å². The van der Waals surface area contributed by atoms with Gasteiger partial charge < -0.3 is 9.73 Å². The van der Waals surface area contributed by atoms with Crippen molar-refractivity contribution in [1.29, 1.82) is 0 Å². The van der Waals surface area contributed by atoms with Gasteiger partial charge in [0, 0.05) is 17.8 Å². The van der Waals surface area contributed by atoms with Crippen LogP contribution in [0.5, 0.6) is 0 Å². The molecular weight excluding hydrogens is 376 g/mol. The summed E-state index contributed by atoms with van der Waals surface area (Å²) in [6.07, 6.45) is 0. The zero-order valence-corrected chi connectivity index (χ0v) is 13.2. The van der Waals surface area contributed by atoms with E-state index in [2.05, 4.69) is 32.1 Å². The zero-order valence-electron chi connectivity index (χ0n) is 10.8.